The molecular weight excluding hydrogens is 360 g/mol. The molecular formula is C20H20N4O2S. The number of nitrogens with zero attached hydrogens (tertiary/aromatic N) is 3. The number of benzene rings is 2. The number of carbonyl (C=O) groups is 1. The second kappa shape index (κ2) is 7.84. The first-order valence-electron chi connectivity index (χ1n) is 8.81. The monoisotopic (exact) mass is 380 g/mol. The zero-order valence-electron chi connectivity index (χ0n) is 14.9. The van der Waals surface area contributed by atoms with E-state index in [1.165, 1.54) is 11.8 Å². The Labute approximate surface area is 162 Å². The number of carbonyl (C=O) groups excluding carboxylic acids is 1. The molecule has 0 radical (unpaired) electrons. The van der Waals surface area contributed by atoms with Gasteiger partial charge in [-0.1, -0.05) is 42.1 Å². The van der Waals surface area contributed by atoms with Crippen molar-refractivity contribution in [3.8, 4) is 11.4 Å². The van der Waals surface area contributed by atoms with Crippen LogP contribution in [-0.2, 0) is 4.79 Å². The summed E-state index contributed by atoms with van der Waals surface area (Å²) in [5.41, 5.74) is 1.86. The summed E-state index contributed by atoms with van der Waals surface area (Å²) in [5, 5.41) is 11.7. The second-order valence-electron chi connectivity index (χ2n) is 6.37. The lowest BCUT2D eigenvalue weighted by molar-refractivity contribution is -0.120. The molecule has 1 amide bonds. The summed E-state index contributed by atoms with van der Waals surface area (Å²) in [6, 6.07) is 17.7. The van der Waals surface area contributed by atoms with Crippen LogP contribution in [0.25, 0.3) is 5.69 Å². The molecule has 1 N–H and O–H groups in total. The van der Waals surface area contributed by atoms with E-state index < -0.39 is 0 Å². The molecule has 1 fully saturated rings. The van der Waals surface area contributed by atoms with Gasteiger partial charge in [0, 0.05) is 11.7 Å². The van der Waals surface area contributed by atoms with Crippen LogP contribution in [0.15, 0.2) is 66.1 Å². The van der Waals surface area contributed by atoms with Crippen molar-refractivity contribution in [1.29, 1.82) is 0 Å². The van der Waals surface area contributed by atoms with Gasteiger partial charge in [0.05, 0.1) is 7.11 Å². The molecule has 1 aliphatic rings. The molecule has 1 aliphatic carbocycles. The molecule has 1 atom stereocenters. The van der Waals surface area contributed by atoms with Gasteiger partial charge in [-0.15, -0.1) is 10.2 Å². The van der Waals surface area contributed by atoms with Gasteiger partial charge >= 0.3 is 0 Å². The van der Waals surface area contributed by atoms with Crippen LogP contribution in [0.1, 0.15) is 23.7 Å². The zero-order chi connectivity index (χ0) is 18.6. The van der Waals surface area contributed by atoms with Crippen LogP contribution < -0.4 is 10.1 Å². The number of hydrogen-bond acceptors (Lipinski definition) is 5. The lowest BCUT2D eigenvalue weighted by Gasteiger charge is -2.17. The average molecular weight is 380 g/mol. The number of hydrogen-bond donors (Lipinski definition) is 1. The third-order valence-corrected chi connectivity index (χ3v) is 5.57. The molecule has 4 rings (SSSR count). The van der Waals surface area contributed by atoms with E-state index in [-0.39, 0.29) is 11.2 Å². The number of methoxy groups -OCH3 is 1. The van der Waals surface area contributed by atoms with Gasteiger partial charge in [0.1, 0.15) is 17.3 Å². The molecule has 0 unspecified atom stereocenters. The van der Waals surface area contributed by atoms with Gasteiger partial charge in [-0.3, -0.25) is 9.36 Å². The first-order chi connectivity index (χ1) is 13.2. The lowest BCUT2D eigenvalue weighted by Crippen LogP contribution is -2.29. The van der Waals surface area contributed by atoms with Crippen LogP contribution in [0.5, 0.6) is 5.75 Å². The number of thioether (sulfide) groups is 1. The second-order valence-corrected chi connectivity index (χ2v) is 7.45. The van der Waals surface area contributed by atoms with Gasteiger partial charge in [0.2, 0.25) is 5.91 Å². The Kier molecular flexibility index (Phi) is 5.11. The minimum Gasteiger partial charge on any atom is -0.497 e. The number of rotatable bonds is 7. The fourth-order valence-corrected chi connectivity index (χ4v) is 3.77. The number of nitrogens with one attached hydrogen (secondary N) is 1. The molecule has 27 heavy (non-hydrogen) atoms. The fourth-order valence-electron chi connectivity index (χ4n) is 2.74. The maximum atomic E-state index is 12.8. The van der Waals surface area contributed by atoms with E-state index in [0.29, 0.717) is 11.2 Å². The van der Waals surface area contributed by atoms with E-state index in [1.807, 2.05) is 59.2 Å². The topological polar surface area (TPSA) is 69.0 Å². The van der Waals surface area contributed by atoms with Crippen molar-refractivity contribution < 1.29 is 9.53 Å². The standard InChI is InChI=1S/C20H20N4O2S/c1-26-17-11-9-16(10-12-17)24-13-21-23-20(24)27-18(14-5-3-2-4-6-14)19(25)22-15-7-8-15/h2-6,9-13,15,18H,7-8H2,1H3,(H,22,25)/t18-/m1/s1. The molecule has 3 aromatic rings. The van der Waals surface area contributed by atoms with E-state index in [4.69, 9.17) is 4.74 Å². The predicted octanol–water partition coefficient (Wildman–Crippen LogP) is 3.39. The molecule has 1 saturated carbocycles. The molecule has 1 aromatic heterocycles. The molecule has 0 aliphatic heterocycles. The summed E-state index contributed by atoms with van der Waals surface area (Å²) in [6.07, 6.45) is 3.77. The van der Waals surface area contributed by atoms with Gasteiger partial charge in [0.15, 0.2) is 5.16 Å². The molecule has 6 nitrogen and oxygen atoms in total. The van der Waals surface area contributed by atoms with Crippen LogP contribution >= 0.6 is 11.8 Å². The number of amides is 1. The molecule has 0 spiro atoms. The van der Waals surface area contributed by atoms with Crippen molar-refractivity contribution in [3.63, 3.8) is 0 Å². The van der Waals surface area contributed by atoms with Crippen LogP contribution in [-0.4, -0.2) is 33.8 Å². The van der Waals surface area contributed by atoms with E-state index in [1.54, 1.807) is 13.4 Å². The fraction of sp³-hybridized carbons (Fsp3) is 0.250. The Hall–Kier alpha value is -2.80. The van der Waals surface area contributed by atoms with Gasteiger partial charge in [-0.05, 0) is 42.7 Å². The van der Waals surface area contributed by atoms with Gasteiger partial charge < -0.3 is 10.1 Å². The van der Waals surface area contributed by atoms with Gasteiger partial charge in [-0.2, -0.15) is 0 Å². The van der Waals surface area contributed by atoms with Crippen LogP contribution in [0.2, 0.25) is 0 Å². The number of aromatic nitrogens is 3. The van der Waals surface area contributed by atoms with Crippen LogP contribution in [0.3, 0.4) is 0 Å². The summed E-state index contributed by atoms with van der Waals surface area (Å²) >= 11 is 1.40. The van der Waals surface area contributed by atoms with Crippen molar-refractivity contribution in [1.82, 2.24) is 20.1 Å². The smallest absolute Gasteiger partial charge is 0.238 e. The Balaban J connectivity index is 1.61. The highest BCUT2D eigenvalue weighted by molar-refractivity contribution is 8.00. The number of ether oxygens (including phenoxy) is 1. The highest BCUT2D eigenvalue weighted by atomic mass is 32.2. The molecule has 138 valence electrons. The molecule has 7 heteroatoms. The summed E-state index contributed by atoms with van der Waals surface area (Å²) in [5.74, 6) is 0.796. The van der Waals surface area contributed by atoms with Crippen LogP contribution in [0, 0.1) is 0 Å². The van der Waals surface area contributed by atoms with E-state index in [2.05, 4.69) is 15.5 Å². The average Bonchev–Trinajstić information content (AvgIpc) is 3.40. The largest absolute Gasteiger partial charge is 0.497 e. The highest BCUT2D eigenvalue weighted by Gasteiger charge is 2.30. The van der Waals surface area contributed by atoms with Crippen molar-refractivity contribution >= 4 is 17.7 Å². The van der Waals surface area contributed by atoms with Crippen molar-refractivity contribution in [2.75, 3.05) is 7.11 Å². The van der Waals surface area contributed by atoms with Crippen molar-refractivity contribution in [2.45, 2.75) is 29.3 Å². The minimum atomic E-state index is -0.381. The first-order valence-corrected chi connectivity index (χ1v) is 9.69. The van der Waals surface area contributed by atoms with E-state index >= 15 is 0 Å². The maximum absolute atomic E-state index is 12.8. The van der Waals surface area contributed by atoms with E-state index in [0.717, 1.165) is 29.8 Å². The van der Waals surface area contributed by atoms with Gasteiger partial charge in [0.25, 0.3) is 0 Å². The minimum absolute atomic E-state index is 0.0120. The Morgan fingerprint density at radius 2 is 1.93 bits per heavy atom. The first kappa shape index (κ1) is 17.6. The lowest BCUT2D eigenvalue weighted by atomic mass is 10.1. The summed E-state index contributed by atoms with van der Waals surface area (Å²) < 4.78 is 7.09. The molecule has 2 aromatic carbocycles. The van der Waals surface area contributed by atoms with Crippen LogP contribution in [0.4, 0.5) is 0 Å². The quantitative estimate of drug-likeness (QED) is 0.637. The zero-order valence-corrected chi connectivity index (χ0v) is 15.7. The normalized spacial score (nSPS) is 14.6. The Bertz CT molecular complexity index is 907. The third kappa shape index (κ3) is 4.14. The molecule has 0 saturated heterocycles. The summed E-state index contributed by atoms with van der Waals surface area (Å²) in [6.45, 7) is 0. The SMILES string of the molecule is COc1ccc(-n2cnnc2S[C@@H](C(=O)NC2CC2)c2ccccc2)cc1. The van der Waals surface area contributed by atoms with Gasteiger partial charge in [-0.25, -0.2) is 0 Å². The highest BCUT2D eigenvalue weighted by Crippen LogP contribution is 2.36. The van der Waals surface area contributed by atoms with Crippen molar-refractivity contribution in [3.05, 3.63) is 66.5 Å². The summed E-state index contributed by atoms with van der Waals surface area (Å²) in [7, 11) is 1.64. The predicted molar refractivity (Wildman–Crippen MR) is 104 cm³/mol. The third-order valence-electron chi connectivity index (χ3n) is 4.35. The summed E-state index contributed by atoms with van der Waals surface area (Å²) in [4.78, 5) is 12.8. The Morgan fingerprint density at radius 3 is 2.59 bits per heavy atom. The molecule has 0 bridgehead atoms. The molecule has 1 heterocycles. The van der Waals surface area contributed by atoms with Crippen molar-refractivity contribution in [2.24, 2.45) is 0 Å². The van der Waals surface area contributed by atoms with E-state index in [9.17, 15) is 4.79 Å². The Morgan fingerprint density at radius 1 is 1.19 bits per heavy atom. The maximum Gasteiger partial charge on any atom is 0.238 e.